The molecule has 0 aromatic carbocycles. The molecule has 0 bridgehead atoms. The largest absolute Gasteiger partial charge is 0.390 e. The molecule has 11 heteroatoms. The maximum Gasteiger partial charge on any atom is 0.390 e. The van der Waals surface area contributed by atoms with Gasteiger partial charge in [-0.2, -0.15) is 13.2 Å². The van der Waals surface area contributed by atoms with Crippen LogP contribution in [0.1, 0.15) is 36.6 Å². The van der Waals surface area contributed by atoms with Crippen LogP contribution in [0.4, 0.5) is 13.2 Å². The van der Waals surface area contributed by atoms with E-state index in [1.54, 1.807) is 13.8 Å². The maximum atomic E-state index is 13.2. The molecule has 7 nitrogen and oxygen atoms in total. The number of aryl methyl sites for hydroxylation is 2. The molecule has 3 rings (SSSR count). The van der Waals surface area contributed by atoms with Crippen LogP contribution >= 0.6 is 11.3 Å². The molecule has 0 radical (unpaired) electrons. The van der Waals surface area contributed by atoms with E-state index in [1.807, 2.05) is 0 Å². The van der Waals surface area contributed by atoms with Crippen LogP contribution < -0.4 is 16.6 Å². The lowest BCUT2D eigenvalue weighted by atomic mass is 10.2. The summed E-state index contributed by atoms with van der Waals surface area (Å²) in [6.07, 6.45) is -4.68. The van der Waals surface area contributed by atoms with Crippen molar-refractivity contribution in [3.05, 3.63) is 31.3 Å². The third kappa shape index (κ3) is 4.48. The molecule has 168 valence electrons. The second kappa shape index (κ2) is 8.45. The van der Waals surface area contributed by atoms with Gasteiger partial charge in [-0.15, -0.1) is 11.3 Å². The van der Waals surface area contributed by atoms with Crippen LogP contribution in [0.15, 0.2) is 9.59 Å². The van der Waals surface area contributed by atoms with E-state index in [2.05, 4.69) is 5.32 Å². The molecule has 2 aromatic heterocycles. The van der Waals surface area contributed by atoms with E-state index >= 15 is 0 Å². The van der Waals surface area contributed by atoms with E-state index < -0.39 is 42.2 Å². The summed E-state index contributed by atoms with van der Waals surface area (Å²) >= 11 is 1.17. The second-order valence-electron chi connectivity index (χ2n) is 7.80. The first-order valence-corrected chi connectivity index (χ1v) is 10.5. The van der Waals surface area contributed by atoms with E-state index in [-0.39, 0.29) is 0 Å². The smallest absolute Gasteiger partial charge is 0.355 e. The van der Waals surface area contributed by atoms with Gasteiger partial charge in [0, 0.05) is 38.7 Å². The quantitative estimate of drug-likeness (QED) is 0.596. The van der Waals surface area contributed by atoms with Crippen LogP contribution in [0.25, 0.3) is 10.2 Å². The number of thiophene rings is 1. The van der Waals surface area contributed by atoms with Crippen molar-refractivity contribution in [2.45, 2.75) is 64.2 Å². The Morgan fingerprint density at radius 1 is 1.23 bits per heavy atom. The molecule has 1 fully saturated rings. The number of hydrogen-bond acceptors (Lipinski definition) is 6. The first kappa shape index (κ1) is 23.0. The van der Waals surface area contributed by atoms with Gasteiger partial charge < -0.3 is 14.8 Å². The molecular formula is C19H26F3N3O4S. The number of ether oxygens (including phenoxy) is 2. The number of aromatic nitrogens is 2. The summed E-state index contributed by atoms with van der Waals surface area (Å²) in [5, 5.41) is 3.48. The minimum absolute atomic E-state index is 0.291. The maximum absolute atomic E-state index is 13.2. The van der Waals surface area contributed by atoms with Gasteiger partial charge in [-0.3, -0.25) is 13.9 Å². The first-order valence-electron chi connectivity index (χ1n) is 9.64. The third-order valence-electron chi connectivity index (χ3n) is 5.57. The number of methoxy groups -OCH3 is 2. The highest BCUT2D eigenvalue weighted by atomic mass is 32.1. The fourth-order valence-corrected chi connectivity index (χ4v) is 4.73. The van der Waals surface area contributed by atoms with Crippen molar-refractivity contribution in [3.8, 4) is 0 Å². The number of alkyl halides is 3. The summed E-state index contributed by atoms with van der Waals surface area (Å²) in [5.41, 5.74) is -1.04. The molecule has 0 spiro atoms. The van der Waals surface area contributed by atoms with E-state index in [4.69, 9.17) is 9.47 Å². The normalized spacial score (nSPS) is 16.0. The molecule has 0 atom stereocenters. The topological polar surface area (TPSA) is 74.5 Å². The Labute approximate surface area is 175 Å². The molecular weight excluding hydrogens is 423 g/mol. The van der Waals surface area contributed by atoms with Crippen LogP contribution in [0.2, 0.25) is 0 Å². The van der Waals surface area contributed by atoms with E-state index in [1.165, 1.54) is 25.6 Å². The summed E-state index contributed by atoms with van der Waals surface area (Å²) in [5.74, 6) is 0. The van der Waals surface area contributed by atoms with Crippen LogP contribution in [0.5, 0.6) is 0 Å². The van der Waals surface area contributed by atoms with E-state index in [0.29, 0.717) is 41.7 Å². The molecule has 0 saturated heterocycles. The molecule has 0 aliphatic heterocycles. The van der Waals surface area contributed by atoms with Crippen molar-refractivity contribution >= 4 is 21.6 Å². The van der Waals surface area contributed by atoms with Crippen molar-refractivity contribution in [1.29, 1.82) is 0 Å². The van der Waals surface area contributed by atoms with E-state index in [9.17, 15) is 22.8 Å². The Morgan fingerprint density at radius 3 is 2.40 bits per heavy atom. The fraction of sp³-hybridized carbons (Fsp3) is 0.684. The van der Waals surface area contributed by atoms with Crippen molar-refractivity contribution in [3.63, 3.8) is 0 Å². The summed E-state index contributed by atoms with van der Waals surface area (Å²) in [6.45, 7) is 3.80. The zero-order valence-corrected chi connectivity index (χ0v) is 18.2. The molecule has 1 aliphatic carbocycles. The average molecular weight is 449 g/mol. The Bertz CT molecular complexity index is 1030. The van der Waals surface area contributed by atoms with Gasteiger partial charge in [0.15, 0.2) is 6.29 Å². The van der Waals surface area contributed by atoms with Crippen LogP contribution in [0, 0.1) is 6.92 Å². The molecule has 1 saturated carbocycles. The standard InChI is InChI=1S/C19H26F3N3O4S/c1-11-12(9-23-10-13(28-3)29-4)30-16-14(11)15(26)25(18(2)5-6-18)17(27)24(16)8-7-19(20,21)22/h13,23H,5-10H2,1-4H3. The first-order chi connectivity index (χ1) is 14.0. The Balaban J connectivity index is 2.06. The fourth-order valence-electron chi connectivity index (χ4n) is 3.44. The average Bonchev–Trinajstić information content (AvgIpc) is 3.31. The summed E-state index contributed by atoms with van der Waals surface area (Å²) in [4.78, 5) is 27.3. The van der Waals surface area contributed by atoms with Crippen LogP contribution in [-0.4, -0.2) is 42.4 Å². The third-order valence-corrected chi connectivity index (χ3v) is 6.88. The number of rotatable bonds is 9. The number of hydrogen-bond donors (Lipinski definition) is 1. The van der Waals surface area contributed by atoms with E-state index in [0.717, 1.165) is 14.0 Å². The van der Waals surface area contributed by atoms with Gasteiger partial charge >= 0.3 is 11.9 Å². The van der Waals surface area contributed by atoms with Gasteiger partial charge in [-0.05, 0) is 32.3 Å². The highest BCUT2D eigenvalue weighted by Crippen LogP contribution is 2.41. The SMILES string of the molecule is COC(CNCc1sc2c(c1C)c(=O)n(C1(C)CC1)c(=O)n2CCC(F)(F)F)OC. The molecule has 30 heavy (non-hydrogen) atoms. The number of fused-ring (bicyclic) bond motifs is 1. The summed E-state index contributed by atoms with van der Waals surface area (Å²) < 4.78 is 51.1. The van der Waals surface area contributed by atoms with Crippen LogP contribution in [0.3, 0.4) is 0 Å². The molecule has 2 aromatic rings. The zero-order chi connectivity index (χ0) is 22.3. The minimum Gasteiger partial charge on any atom is -0.355 e. The molecule has 2 heterocycles. The lowest BCUT2D eigenvalue weighted by molar-refractivity contribution is -0.136. The highest BCUT2D eigenvalue weighted by Gasteiger charge is 2.43. The monoisotopic (exact) mass is 449 g/mol. The van der Waals surface area contributed by atoms with Gasteiger partial charge in [0.25, 0.3) is 5.56 Å². The zero-order valence-electron chi connectivity index (χ0n) is 17.4. The predicted molar refractivity (Wildman–Crippen MR) is 108 cm³/mol. The Morgan fingerprint density at radius 2 is 1.87 bits per heavy atom. The predicted octanol–water partition coefficient (Wildman–Crippen LogP) is 2.70. The van der Waals surface area contributed by atoms with Crippen molar-refractivity contribution in [2.75, 3.05) is 20.8 Å². The summed E-state index contributed by atoms with van der Waals surface area (Å²) in [7, 11) is 3.03. The Kier molecular flexibility index (Phi) is 6.47. The highest BCUT2D eigenvalue weighted by molar-refractivity contribution is 7.18. The number of nitrogens with zero attached hydrogens (tertiary/aromatic N) is 2. The van der Waals surface area contributed by atoms with Crippen LogP contribution in [-0.2, 0) is 28.1 Å². The lowest BCUT2D eigenvalue weighted by Crippen LogP contribution is -2.44. The molecule has 1 N–H and O–H groups in total. The second-order valence-corrected chi connectivity index (χ2v) is 8.88. The van der Waals surface area contributed by atoms with Crippen molar-refractivity contribution in [1.82, 2.24) is 14.5 Å². The van der Waals surface area contributed by atoms with Crippen molar-refractivity contribution in [2.24, 2.45) is 0 Å². The van der Waals surface area contributed by atoms with Gasteiger partial charge in [-0.25, -0.2) is 4.79 Å². The molecule has 0 amide bonds. The minimum atomic E-state index is -4.40. The Hall–Kier alpha value is -1.69. The number of nitrogens with one attached hydrogen (secondary N) is 1. The molecule has 0 unspecified atom stereocenters. The van der Waals surface area contributed by atoms with Gasteiger partial charge in [-0.1, -0.05) is 0 Å². The van der Waals surface area contributed by atoms with Crippen molar-refractivity contribution < 1.29 is 22.6 Å². The number of halogens is 3. The van der Waals surface area contributed by atoms with Gasteiger partial charge in [0.1, 0.15) is 4.83 Å². The lowest BCUT2D eigenvalue weighted by Gasteiger charge is -2.17. The van der Waals surface area contributed by atoms with Gasteiger partial charge in [0.2, 0.25) is 0 Å². The molecule has 1 aliphatic rings. The summed E-state index contributed by atoms with van der Waals surface area (Å²) in [6, 6.07) is 0. The van der Waals surface area contributed by atoms with Gasteiger partial charge in [0.05, 0.1) is 17.3 Å².